The van der Waals surface area contributed by atoms with Crippen LogP contribution in [0.15, 0.2) is 10.5 Å². The third-order valence-corrected chi connectivity index (χ3v) is 5.50. The van der Waals surface area contributed by atoms with Gasteiger partial charge in [-0.25, -0.2) is 0 Å². The molecule has 96 valence electrons. The molecule has 2 nitrogen and oxygen atoms in total. The fourth-order valence-corrected chi connectivity index (χ4v) is 4.21. The van der Waals surface area contributed by atoms with Crippen LogP contribution in [0.25, 0.3) is 0 Å². The van der Waals surface area contributed by atoms with E-state index in [0.29, 0.717) is 0 Å². The highest BCUT2D eigenvalue weighted by molar-refractivity contribution is 9.10. The molecule has 1 atom stereocenters. The molecule has 1 aromatic heterocycles. The molecule has 2 heterocycles. The number of nitrogens with zero attached hydrogens (tertiary/aromatic N) is 1. The minimum Gasteiger partial charge on any atom is -0.319 e. The lowest BCUT2D eigenvalue weighted by molar-refractivity contribution is 0.168. The molecule has 1 saturated heterocycles. The van der Waals surface area contributed by atoms with Crippen molar-refractivity contribution in [3.8, 4) is 0 Å². The molecule has 1 aliphatic heterocycles. The van der Waals surface area contributed by atoms with Crippen molar-refractivity contribution in [2.45, 2.75) is 26.3 Å². The summed E-state index contributed by atoms with van der Waals surface area (Å²) in [5.74, 6) is 0.832. The third-order valence-electron chi connectivity index (χ3n) is 3.38. The smallest absolute Gasteiger partial charge is 0.0328 e. The molecular formula is C13H21BrN2S. The molecule has 1 fully saturated rings. The highest BCUT2D eigenvalue weighted by Gasteiger charge is 2.19. The number of hydrogen-bond donors (Lipinski definition) is 1. The maximum atomic E-state index is 3.60. The first-order valence-corrected chi connectivity index (χ1v) is 7.91. The third kappa shape index (κ3) is 3.78. The van der Waals surface area contributed by atoms with Gasteiger partial charge in [0, 0.05) is 27.3 Å². The van der Waals surface area contributed by atoms with Gasteiger partial charge in [-0.3, -0.25) is 4.90 Å². The number of halogens is 1. The summed E-state index contributed by atoms with van der Waals surface area (Å²) >= 11 is 5.52. The molecule has 1 aromatic rings. The Hall–Kier alpha value is 0.1000. The highest BCUT2D eigenvalue weighted by atomic mass is 79.9. The molecule has 0 saturated carbocycles. The summed E-state index contributed by atoms with van der Waals surface area (Å²) in [6.45, 7) is 6.96. The zero-order chi connectivity index (χ0) is 12.3. The second kappa shape index (κ2) is 6.32. The van der Waals surface area contributed by atoms with Crippen LogP contribution < -0.4 is 5.32 Å². The van der Waals surface area contributed by atoms with Crippen LogP contribution in [0.4, 0.5) is 0 Å². The van der Waals surface area contributed by atoms with Crippen LogP contribution >= 0.6 is 27.3 Å². The van der Waals surface area contributed by atoms with Crippen molar-refractivity contribution in [1.82, 2.24) is 10.2 Å². The van der Waals surface area contributed by atoms with Crippen molar-refractivity contribution < 1.29 is 0 Å². The van der Waals surface area contributed by atoms with Gasteiger partial charge in [0.1, 0.15) is 0 Å². The Morgan fingerprint density at radius 1 is 1.59 bits per heavy atom. The van der Waals surface area contributed by atoms with E-state index in [-0.39, 0.29) is 0 Å². The van der Waals surface area contributed by atoms with Crippen molar-refractivity contribution in [1.29, 1.82) is 0 Å². The Morgan fingerprint density at radius 2 is 2.41 bits per heavy atom. The van der Waals surface area contributed by atoms with Crippen molar-refractivity contribution in [2.24, 2.45) is 5.92 Å². The zero-order valence-electron chi connectivity index (χ0n) is 10.6. The fourth-order valence-electron chi connectivity index (χ4n) is 2.57. The number of thiophene rings is 1. The van der Waals surface area contributed by atoms with Crippen LogP contribution in [0, 0.1) is 12.8 Å². The van der Waals surface area contributed by atoms with Crippen LogP contribution in [0.1, 0.15) is 22.6 Å². The number of hydrogen-bond acceptors (Lipinski definition) is 3. The standard InChI is InChI=1S/C13H21BrN2S/c1-10-13(14)6-12(17-10)9-16-5-3-4-11(8-16)7-15-2/h6,11,15H,3-5,7-9H2,1-2H3. The zero-order valence-corrected chi connectivity index (χ0v) is 13.0. The topological polar surface area (TPSA) is 15.3 Å². The number of nitrogens with one attached hydrogen (secondary N) is 1. The van der Waals surface area contributed by atoms with Crippen LogP contribution in [-0.2, 0) is 6.54 Å². The van der Waals surface area contributed by atoms with E-state index in [9.17, 15) is 0 Å². The summed E-state index contributed by atoms with van der Waals surface area (Å²) in [4.78, 5) is 5.48. The number of piperidine rings is 1. The average Bonchev–Trinajstić information content (AvgIpc) is 2.59. The quantitative estimate of drug-likeness (QED) is 0.917. The van der Waals surface area contributed by atoms with E-state index >= 15 is 0 Å². The van der Waals surface area contributed by atoms with E-state index in [2.05, 4.69) is 46.2 Å². The first kappa shape index (κ1) is 13.5. The largest absolute Gasteiger partial charge is 0.319 e. The van der Waals surface area contributed by atoms with Gasteiger partial charge in [-0.05, 0) is 67.8 Å². The maximum Gasteiger partial charge on any atom is 0.0328 e. The lowest BCUT2D eigenvalue weighted by Gasteiger charge is -2.32. The van der Waals surface area contributed by atoms with E-state index in [0.717, 1.165) is 19.0 Å². The van der Waals surface area contributed by atoms with Gasteiger partial charge < -0.3 is 5.32 Å². The van der Waals surface area contributed by atoms with Gasteiger partial charge in [0.25, 0.3) is 0 Å². The molecular weight excluding hydrogens is 296 g/mol. The normalized spacial score (nSPS) is 21.9. The van der Waals surface area contributed by atoms with Crippen molar-refractivity contribution in [3.63, 3.8) is 0 Å². The molecule has 0 aliphatic carbocycles. The van der Waals surface area contributed by atoms with Gasteiger partial charge in [-0.2, -0.15) is 0 Å². The molecule has 0 radical (unpaired) electrons. The van der Waals surface area contributed by atoms with Crippen LogP contribution in [0.5, 0.6) is 0 Å². The summed E-state index contributed by atoms with van der Waals surface area (Å²) in [6, 6.07) is 2.28. The van der Waals surface area contributed by atoms with Gasteiger partial charge in [0.05, 0.1) is 0 Å². The molecule has 2 rings (SSSR count). The minimum absolute atomic E-state index is 0.832. The Kier molecular flexibility index (Phi) is 5.03. The van der Waals surface area contributed by atoms with Crippen LogP contribution in [-0.4, -0.2) is 31.6 Å². The lowest BCUT2D eigenvalue weighted by atomic mass is 9.98. The summed E-state index contributed by atoms with van der Waals surface area (Å²) in [6.07, 6.45) is 2.72. The van der Waals surface area contributed by atoms with Gasteiger partial charge in [0.15, 0.2) is 0 Å². The molecule has 0 aromatic carbocycles. The maximum absolute atomic E-state index is 3.60. The SMILES string of the molecule is CNCC1CCCN(Cc2cc(Br)c(C)s2)C1. The van der Waals surface area contributed by atoms with E-state index in [1.54, 1.807) is 0 Å². The lowest BCUT2D eigenvalue weighted by Crippen LogP contribution is -2.38. The van der Waals surface area contributed by atoms with Crippen molar-refractivity contribution in [2.75, 3.05) is 26.7 Å². The van der Waals surface area contributed by atoms with Crippen LogP contribution in [0.3, 0.4) is 0 Å². The molecule has 0 spiro atoms. The Morgan fingerprint density at radius 3 is 3.06 bits per heavy atom. The number of likely N-dealkylation sites (tertiary alicyclic amines) is 1. The Bertz CT molecular complexity index is 343. The first-order chi connectivity index (χ1) is 8.19. The molecule has 1 unspecified atom stereocenters. The Labute approximate surface area is 117 Å². The fraction of sp³-hybridized carbons (Fsp3) is 0.692. The monoisotopic (exact) mass is 316 g/mol. The van der Waals surface area contributed by atoms with E-state index in [1.807, 2.05) is 11.3 Å². The van der Waals surface area contributed by atoms with Crippen molar-refractivity contribution in [3.05, 3.63) is 20.3 Å². The molecule has 17 heavy (non-hydrogen) atoms. The van der Waals surface area contributed by atoms with E-state index in [1.165, 1.54) is 40.2 Å². The first-order valence-electron chi connectivity index (χ1n) is 6.31. The van der Waals surface area contributed by atoms with E-state index < -0.39 is 0 Å². The predicted molar refractivity (Wildman–Crippen MR) is 78.7 cm³/mol. The number of rotatable bonds is 4. The molecule has 1 aliphatic rings. The van der Waals surface area contributed by atoms with Gasteiger partial charge in [-0.15, -0.1) is 11.3 Å². The molecule has 0 bridgehead atoms. The highest BCUT2D eigenvalue weighted by Crippen LogP contribution is 2.28. The van der Waals surface area contributed by atoms with Crippen LogP contribution in [0.2, 0.25) is 0 Å². The minimum atomic E-state index is 0.832. The number of aryl methyl sites for hydroxylation is 1. The van der Waals surface area contributed by atoms with Crippen molar-refractivity contribution >= 4 is 27.3 Å². The van der Waals surface area contributed by atoms with Gasteiger partial charge in [-0.1, -0.05) is 0 Å². The molecule has 4 heteroatoms. The predicted octanol–water partition coefficient (Wildman–Crippen LogP) is 3.25. The second-order valence-corrected chi connectivity index (χ2v) is 7.11. The molecule has 0 amide bonds. The summed E-state index contributed by atoms with van der Waals surface area (Å²) in [5.41, 5.74) is 0. The molecule has 1 N–H and O–H groups in total. The second-order valence-electron chi connectivity index (χ2n) is 4.92. The summed E-state index contributed by atoms with van der Waals surface area (Å²) < 4.78 is 1.27. The summed E-state index contributed by atoms with van der Waals surface area (Å²) in [7, 11) is 2.05. The van der Waals surface area contributed by atoms with Gasteiger partial charge in [0.2, 0.25) is 0 Å². The van der Waals surface area contributed by atoms with Gasteiger partial charge >= 0.3 is 0 Å². The van der Waals surface area contributed by atoms with E-state index in [4.69, 9.17) is 0 Å². The Balaban J connectivity index is 1.90. The summed E-state index contributed by atoms with van der Waals surface area (Å²) in [5, 5.41) is 3.30. The average molecular weight is 317 g/mol.